The summed E-state index contributed by atoms with van der Waals surface area (Å²) >= 11 is 5.89. The van der Waals surface area contributed by atoms with Crippen LogP contribution in [0.2, 0.25) is 5.02 Å². The Morgan fingerprint density at radius 2 is 2.20 bits per heavy atom. The van der Waals surface area contributed by atoms with Crippen molar-refractivity contribution in [1.29, 1.82) is 0 Å². The normalized spacial score (nSPS) is 10.6. The van der Waals surface area contributed by atoms with Gasteiger partial charge in [-0.1, -0.05) is 29.8 Å². The molecule has 0 amide bonds. The maximum Gasteiger partial charge on any atom is 0.309 e. The summed E-state index contributed by atoms with van der Waals surface area (Å²) in [7, 11) is 1.37. The number of aryl methyl sites for hydroxylation is 1. The van der Waals surface area contributed by atoms with Gasteiger partial charge in [0.05, 0.1) is 13.5 Å². The molecule has 0 saturated heterocycles. The van der Waals surface area contributed by atoms with E-state index in [-0.39, 0.29) is 12.4 Å². The Kier molecular flexibility index (Phi) is 4.37. The van der Waals surface area contributed by atoms with Gasteiger partial charge in [0.25, 0.3) is 0 Å². The first-order valence-electron chi connectivity index (χ1n) is 4.62. The van der Waals surface area contributed by atoms with Crippen LogP contribution >= 0.6 is 11.6 Å². The predicted molar refractivity (Wildman–Crippen MR) is 61.9 cm³/mol. The van der Waals surface area contributed by atoms with Crippen LogP contribution in [0, 0.1) is 6.92 Å². The minimum atomic E-state index is -0.245. The molecule has 0 saturated carbocycles. The van der Waals surface area contributed by atoms with Crippen LogP contribution < -0.4 is 0 Å². The lowest BCUT2D eigenvalue weighted by molar-refractivity contribution is -0.139. The predicted octanol–water partition coefficient (Wildman–Crippen LogP) is 3.22. The molecule has 0 atom stereocenters. The summed E-state index contributed by atoms with van der Waals surface area (Å²) < 4.78 is 4.52. The van der Waals surface area contributed by atoms with Gasteiger partial charge in [-0.15, -0.1) is 0 Å². The van der Waals surface area contributed by atoms with Gasteiger partial charge in [-0.05, 0) is 30.2 Å². The maximum absolute atomic E-state index is 10.8. The SMILES string of the molecule is COC(=O)CC=Cc1cc(C)cc(Cl)c1. The van der Waals surface area contributed by atoms with E-state index in [1.165, 1.54) is 7.11 Å². The second-order valence-electron chi connectivity index (χ2n) is 3.24. The first kappa shape index (κ1) is 11.8. The lowest BCUT2D eigenvalue weighted by Gasteiger charge is -1.98. The molecule has 0 heterocycles. The summed E-state index contributed by atoms with van der Waals surface area (Å²) in [6.07, 6.45) is 3.90. The number of carbonyl (C=O) groups is 1. The van der Waals surface area contributed by atoms with Crippen molar-refractivity contribution in [2.75, 3.05) is 7.11 Å². The zero-order valence-electron chi connectivity index (χ0n) is 8.79. The monoisotopic (exact) mass is 224 g/mol. The van der Waals surface area contributed by atoms with Crippen LogP contribution in [-0.2, 0) is 9.53 Å². The van der Waals surface area contributed by atoms with Crippen molar-refractivity contribution in [2.24, 2.45) is 0 Å². The van der Waals surface area contributed by atoms with Crippen molar-refractivity contribution >= 4 is 23.6 Å². The molecule has 0 bridgehead atoms. The highest BCUT2D eigenvalue weighted by Crippen LogP contribution is 2.15. The zero-order valence-corrected chi connectivity index (χ0v) is 9.54. The fourth-order valence-corrected chi connectivity index (χ4v) is 1.53. The van der Waals surface area contributed by atoms with E-state index in [0.717, 1.165) is 11.1 Å². The minimum absolute atomic E-state index is 0.245. The van der Waals surface area contributed by atoms with Crippen molar-refractivity contribution in [3.8, 4) is 0 Å². The average Bonchev–Trinajstić information content (AvgIpc) is 2.16. The van der Waals surface area contributed by atoms with E-state index in [1.807, 2.05) is 31.2 Å². The molecule has 2 nitrogen and oxygen atoms in total. The van der Waals surface area contributed by atoms with E-state index >= 15 is 0 Å². The van der Waals surface area contributed by atoms with Gasteiger partial charge in [-0.2, -0.15) is 0 Å². The van der Waals surface area contributed by atoms with Crippen molar-refractivity contribution in [2.45, 2.75) is 13.3 Å². The Bertz CT molecular complexity index is 363. The Labute approximate surface area is 94.5 Å². The van der Waals surface area contributed by atoms with Gasteiger partial charge in [-0.25, -0.2) is 0 Å². The summed E-state index contributed by atoms with van der Waals surface area (Å²) in [6, 6.07) is 5.74. The molecule has 1 aromatic rings. The fourth-order valence-electron chi connectivity index (χ4n) is 1.24. The number of rotatable bonds is 3. The molecule has 3 heteroatoms. The Hall–Kier alpha value is -1.28. The number of benzene rings is 1. The second kappa shape index (κ2) is 5.56. The highest BCUT2D eigenvalue weighted by Gasteiger charge is 1.96. The van der Waals surface area contributed by atoms with E-state index in [4.69, 9.17) is 11.6 Å². The quantitative estimate of drug-likeness (QED) is 0.737. The van der Waals surface area contributed by atoms with Crippen LogP contribution in [0.3, 0.4) is 0 Å². The van der Waals surface area contributed by atoms with Gasteiger partial charge in [0.15, 0.2) is 0 Å². The first-order valence-corrected chi connectivity index (χ1v) is 5.00. The molecule has 0 aromatic heterocycles. The molecule has 1 rings (SSSR count). The molecule has 0 N–H and O–H groups in total. The van der Waals surface area contributed by atoms with Crippen LogP contribution in [0.1, 0.15) is 17.5 Å². The minimum Gasteiger partial charge on any atom is -0.469 e. The van der Waals surface area contributed by atoms with Crippen LogP contribution in [0.25, 0.3) is 6.08 Å². The maximum atomic E-state index is 10.8. The molecule has 0 radical (unpaired) electrons. The van der Waals surface area contributed by atoms with Gasteiger partial charge in [0.1, 0.15) is 0 Å². The summed E-state index contributed by atoms with van der Waals surface area (Å²) in [5, 5.41) is 0.702. The van der Waals surface area contributed by atoms with E-state index in [1.54, 1.807) is 6.08 Å². The third-order valence-corrected chi connectivity index (χ3v) is 2.11. The summed E-state index contributed by atoms with van der Waals surface area (Å²) in [6.45, 7) is 1.98. The van der Waals surface area contributed by atoms with Gasteiger partial charge in [-0.3, -0.25) is 4.79 Å². The molecule has 0 aliphatic rings. The summed E-state index contributed by atoms with van der Waals surface area (Å²) in [5.74, 6) is -0.245. The Morgan fingerprint density at radius 3 is 2.80 bits per heavy atom. The van der Waals surface area contributed by atoms with Crippen LogP contribution in [0.5, 0.6) is 0 Å². The smallest absolute Gasteiger partial charge is 0.309 e. The summed E-state index contributed by atoms with van der Waals surface area (Å²) in [4.78, 5) is 10.8. The number of carbonyl (C=O) groups excluding carboxylic acids is 1. The molecule has 0 fully saturated rings. The molecule has 0 spiro atoms. The molecule has 0 aliphatic heterocycles. The summed E-state index contributed by atoms with van der Waals surface area (Å²) in [5.41, 5.74) is 2.09. The highest BCUT2D eigenvalue weighted by molar-refractivity contribution is 6.30. The number of methoxy groups -OCH3 is 1. The number of hydrogen-bond donors (Lipinski definition) is 0. The Balaban J connectivity index is 2.68. The van der Waals surface area contributed by atoms with E-state index in [0.29, 0.717) is 5.02 Å². The molecule has 80 valence electrons. The van der Waals surface area contributed by atoms with Crippen molar-refractivity contribution in [3.05, 3.63) is 40.4 Å². The van der Waals surface area contributed by atoms with Gasteiger partial charge in [0, 0.05) is 5.02 Å². The fraction of sp³-hybridized carbons (Fsp3) is 0.250. The third-order valence-electron chi connectivity index (χ3n) is 1.89. The first-order chi connectivity index (χ1) is 7.11. The Morgan fingerprint density at radius 1 is 1.47 bits per heavy atom. The molecule has 0 aliphatic carbocycles. The van der Waals surface area contributed by atoms with Crippen molar-refractivity contribution in [3.63, 3.8) is 0 Å². The van der Waals surface area contributed by atoms with E-state index in [9.17, 15) is 4.79 Å². The van der Waals surface area contributed by atoms with Crippen molar-refractivity contribution in [1.82, 2.24) is 0 Å². The van der Waals surface area contributed by atoms with Crippen LogP contribution in [0.15, 0.2) is 24.3 Å². The number of halogens is 1. The number of esters is 1. The number of hydrogen-bond acceptors (Lipinski definition) is 2. The lowest BCUT2D eigenvalue weighted by atomic mass is 10.1. The lowest BCUT2D eigenvalue weighted by Crippen LogP contribution is -1.96. The topological polar surface area (TPSA) is 26.3 Å². The molecule has 0 unspecified atom stereocenters. The third kappa shape index (κ3) is 4.17. The standard InChI is InChI=1S/C12H13ClO2/c1-9-6-10(8-11(13)7-9)4-3-5-12(14)15-2/h3-4,6-8H,5H2,1-2H3. The van der Waals surface area contributed by atoms with Crippen molar-refractivity contribution < 1.29 is 9.53 Å². The zero-order chi connectivity index (χ0) is 11.3. The largest absolute Gasteiger partial charge is 0.469 e. The number of ether oxygens (including phenoxy) is 1. The van der Waals surface area contributed by atoms with Gasteiger partial charge >= 0.3 is 5.97 Å². The molecule has 15 heavy (non-hydrogen) atoms. The molecule has 1 aromatic carbocycles. The second-order valence-corrected chi connectivity index (χ2v) is 3.68. The van der Waals surface area contributed by atoms with Gasteiger partial charge < -0.3 is 4.74 Å². The van der Waals surface area contributed by atoms with E-state index < -0.39 is 0 Å². The van der Waals surface area contributed by atoms with Crippen LogP contribution in [0.4, 0.5) is 0 Å². The molecular weight excluding hydrogens is 212 g/mol. The van der Waals surface area contributed by atoms with E-state index in [2.05, 4.69) is 4.74 Å². The van der Waals surface area contributed by atoms with Gasteiger partial charge in [0.2, 0.25) is 0 Å². The average molecular weight is 225 g/mol. The highest BCUT2D eigenvalue weighted by atomic mass is 35.5. The van der Waals surface area contributed by atoms with Crippen LogP contribution in [-0.4, -0.2) is 13.1 Å². The molecular formula is C12H13ClO2.